The fraction of sp³-hybridized carbons (Fsp3) is 0.556. The molecule has 0 radical (unpaired) electrons. The van der Waals surface area contributed by atoms with Crippen molar-refractivity contribution in [2.45, 2.75) is 88.9 Å². The minimum atomic E-state index is -1.03. The van der Waals surface area contributed by atoms with Gasteiger partial charge in [-0.2, -0.15) is 5.26 Å². The number of benzene rings is 1. The zero-order valence-corrected chi connectivity index (χ0v) is 19.7. The van der Waals surface area contributed by atoms with Crippen LogP contribution in [0.15, 0.2) is 36.5 Å². The average Bonchev–Trinajstić information content (AvgIpc) is 2.85. The highest BCUT2D eigenvalue weighted by atomic mass is 19.1. The lowest BCUT2D eigenvalue weighted by atomic mass is 9.72. The Morgan fingerprint density at radius 1 is 1.24 bits per heavy atom. The number of aromatic nitrogens is 1. The first-order valence-electron chi connectivity index (χ1n) is 12.4. The molecule has 6 nitrogen and oxygen atoms in total. The summed E-state index contributed by atoms with van der Waals surface area (Å²) in [5.41, 5.74) is 1.13. The van der Waals surface area contributed by atoms with Crippen molar-refractivity contribution in [1.82, 2.24) is 10.3 Å². The quantitative estimate of drug-likeness (QED) is 0.466. The number of nitriles is 1. The lowest BCUT2D eigenvalue weighted by Crippen LogP contribution is -2.39. The van der Waals surface area contributed by atoms with Gasteiger partial charge in [0, 0.05) is 18.3 Å². The third-order valence-electron chi connectivity index (χ3n) is 7.42. The van der Waals surface area contributed by atoms with E-state index in [-0.39, 0.29) is 18.1 Å². The van der Waals surface area contributed by atoms with Gasteiger partial charge in [-0.1, -0.05) is 38.3 Å². The number of nitrogens with one attached hydrogen (secondary N) is 1. The Kier molecular flexibility index (Phi) is 7.95. The second kappa shape index (κ2) is 10.9. The summed E-state index contributed by atoms with van der Waals surface area (Å²) < 4.78 is 21.6. The van der Waals surface area contributed by atoms with E-state index >= 15 is 4.39 Å². The van der Waals surface area contributed by atoms with Crippen LogP contribution in [-0.4, -0.2) is 27.4 Å². The molecule has 2 aromatic rings. The molecule has 2 fully saturated rings. The summed E-state index contributed by atoms with van der Waals surface area (Å²) in [7, 11) is 0. The van der Waals surface area contributed by atoms with Crippen LogP contribution in [-0.2, 0) is 16.9 Å². The maximum absolute atomic E-state index is 15.5. The lowest BCUT2D eigenvalue weighted by Gasteiger charge is -2.39. The molecule has 4 rings (SSSR count). The van der Waals surface area contributed by atoms with Crippen LogP contribution in [0.1, 0.15) is 86.9 Å². The van der Waals surface area contributed by atoms with Crippen LogP contribution in [0.3, 0.4) is 0 Å². The van der Waals surface area contributed by atoms with Gasteiger partial charge in [0.05, 0.1) is 29.1 Å². The van der Waals surface area contributed by atoms with Crippen LogP contribution in [0.4, 0.5) is 4.39 Å². The van der Waals surface area contributed by atoms with Gasteiger partial charge in [0.2, 0.25) is 0 Å². The molecule has 2 atom stereocenters. The highest BCUT2D eigenvalue weighted by molar-refractivity contribution is 5.31. The zero-order valence-electron chi connectivity index (χ0n) is 19.7. The Labute approximate surface area is 200 Å². The van der Waals surface area contributed by atoms with Crippen LogP contribution in [0.2, 0.25) is 0 Å². The number of hydrogen-bond acceptors (Lipinski definition) is 6. The van der Waals surface area contributed by atoms with Crippen LogP contribution in [0, 0.1) is 23.1 Å². The van der Waals surface area contributed by atoms with Gasteiger partial charge in [-0.05, 0) is 61.8 Å². The van der Waals surface area contributed by atoms with Crippen molar-refractivity contribution < 1.29 is 19.3 Å². The van der Waals surface area contributed by atoms with Crippen molar-refractivity contribution in [2.75, 3.05) is 0 Å². The average molecular weight is 468 g/mol. The fourth-order valence-electron chi connectivity index (χ4n) is 5.18. The Bertz CT molecular complexity index is 997. The molecule has 2 saturated carbocycles. The molecule has 0 spiro atoms. The number of nitrogens with zero attached hydrogens (tertiary/aromatic N) is 2. The number of aliphatic hydroxyl groups is 2. The van der Waals surface area contributed by atoms with Crippen molar-refractivity contribution in [1.29, 1.82) is 5.26 Å². The van der Waals surface area contributed by atoms with Crippen molar-refractivity contribution in [3.8, 4) is 6.07 Å². The molecule has 3 N–H and O–H groups in total. The molecular weight excluding hydrogens is 433 g/mol. The van der Waals surface area contributed by atoms with Gasteiger partial charge in [-0.3, -0.25) is 10.3 Å². The second-order valence-corrected chi connectivity index (χ2v) is 9.64. The monoisotopic (exact) mass is 467 g/mol. The molecule has 0 saturated heterocycles. The topological polar surface area (TPSA) is 98.4 Å². The fourth-order valence-corrected chi connectivity index (χ4v) is 5.18. The molecule has 2 aliphatic carbocycles. The van der Waals surface area contributed by atoms with Crippen LogP contribution < -0.4 is 5.32 Å². The van der Waals surface area contributed by atoms with E-state index in [1.54, 1.807) is 18.2 Å². The number of pyridine rings is 1. The van der Waals surface area contributed by atoms with Gasteiger partial charge in [0.1, 0.15) is 18.1 Å². The number of aliphatic hydroxyl groups excluding tert-OH is 1. The number of ether oxygens (including phenoxy) is 1. The van der Waals surface area contributed by atoms with E-state index in [1.807, 2.05) is 19.1 Å². The molecule has 1 unspecified atom stereocenters. The van der Waals surface area contributed by atoms with Gasteiger partial charge in [0.15, 0.2) is 0 Å². The predicted molar refractivity (Wildman–Crippen MR) is 126 cm³/mol. The zero-order chi connectivity index (χ0) is 24.1. The van der Waals surface area contributed by atoms with E-state index in [0.717, 1.165) is 25.7 Å². The van der Waals surface area contributed by atoms with Gasteiger partial charge in [0.25, 0.3) is 0 Å². The summed E-state index contributed by atoms with van der Waals surface area (Å²) in [6, 6.07) is 10.5. The summed E-state index contributed by atoms with van der Waals surface area (Å²) >= 11 is 0. The molecular formula is C27H34FN3O3. The molecule has 2 aliphatic rings. The Morgan fingerprint density at radius 2 is 2.00 bits per heavy atom. The van der Waals surface area contributed by atoms with E-state index in [9.17, 15) is 10.2 Å². The number of rotatable bonds is 9. The van der Waals surface area contributed by atoms with Crippen LogP contribution in [0.5, 0.6) is 0 Å². The standard InChI is InChI=1S/C27H34FN3O3/c1-2-27(33,19-6-4-3-5-7-19)20-9-11-24(25(28)12-20)26(34-23-13-22(32)14-23)31-17-21-10-8-18(15-29)16-30-21/h8-12,16,19,22-23,26,31-33H,2-7,13-14,17H2,1H3/t22?,23?,26-,27?/m1/s1. The van der Waals surface area contributed by atoms with Gasteiger partial charge in [-0.15, -0.1) is 0 Å². The smallest absolute Gasteiger partial charge is 0.137 e. The molecule has 0 aliphatic heterocycles. The summed E-state index contributed by atoms with van der Waals surface area (Å²) in [4.78, 5) is 4.26. The Hall–Kier alpha value is -2.37. The maximum atomic E-state index is 15.5. The normalized spacial score (nSPS) is 23.5. The van der Waals surface area contributed by atoms with Crippen molar-refractivity contribution >= 4 is 0 Å². The SMILES string of the molecule is CCC(O)(c1ccc([C@H](NCc2ccc(C#N)cn2)OC2CC(O)C2)c(F)c1)C1CCCCC1. The minimum Gasteiger partial charge on any atom is -0.393 e. The number of hydrogen-bond donors (Lipinski definition) is 3. The predicted octanol–water partition coefficient (Wildman–Crippen LogP) is 4.60. The summed E-state index contributed by atoms with van der Waals surface area (Å²) in [6.45, 7) is 2.29. The van der Waals surface area contributed by atoms with Crippen LogP contribution >= 0.6 is 0 Å². The lowest BCUT2D eigenvalue weighted by molar-refractivity contribution is -0.116. The Morgan fingerprint density at radius 3 is 2.59 bits per heavy atom. The van der Waals surface area contributed by atoms with E-state index in [0.29, 0.717) is 48.2 Å². The largest absolute Gasteiger partial charge is 0.393 e. The first-order chi connectivity index (χ1) is 16.4. The molecule has 1 heterocycles. The highest BCUT2D eigenvalue weighted by Crippen LogP contribution is 2.42. The first kappa shape index (κ1) is 24.7. The molecule has 182 valence electrons. The maximum Gasteiger partial charge on any atom is 0.137 e. The van der Waals surface area contributed by atoms with E-state index < -0.39 is 17.6 Å². The van der Waals surface area contributed by atoms with Crippen LogP contribution in [0.25, 0.3) is 0 Å². The molecule has 0 bridgehead atoms. The third-order valence-corrected chi connectivity index (χ3v) is 7.42. The van der Waals surface area contributed by atoms with E-state index in [4.69, 9.17) is 10.00 Å². The third kappa shape index (κ3) is 5.47. The summed E-state index contributed by atoms with van der Waals surface area (Å²) in [5.74, 6) is -0.286. The summed E-state index contributed by atoms with van der Waals surface area (Å²) in [5, 5.41) is 33.3. The van der Waals surface area contributed by atoms with Gasteiger partial charge in [-0.25, -0.2) is 4.39 Å². The van der Waals surface area contributed by atoms with E-state index in [1.165, 1.54) is 18.7 Å². The van der Waals surface area contributed by atoms with Gasteiger partial charge >= 0.3 is 0 Å². The Balaban J connectivity index is 1.54. The van der Waals surface area contributed by atoms with Crippen molar-refractivity contribution in [2.24, 2.45) is 5.92 Å². The molecule has 0 amide bonds. The highest BCUT2D eigenvalue weighted by Gasteiger charge is 2.38. The van der Waals surface area contributed by atoms with Gasteiger partial charge < -0.3 is 14.9 Å². The summed E-state index contributed by atoms with van der Waals surface area (Å²) in [6.07, 6.45) is 7.13. The van der Waals surface area contributed by atoms with Crippen molar-refractivity contribution in [3.63, 3.8) is 0 Å². The second-order valence-electron chi connectivity index (χ2n) is 9.64. The van der Waals surface area contributed by atoms with E-state index in [2.05, 4.69) is 10.3 Å². The molecule has 34 heavy (non-hydrogen) atoms. The molecule has 7 heteroatoms. The number of halogens is 1. The van der Waals surface area contributed by atoms with Crippen molar-refractivity contribution in [3.05, 3.63) is 64.7 Å². The first-order valence-corrected chi connectivity index (χ1v) is 12.4. The minimum absolute atomic E-state index is 0.139. The molecule has 1 aromatic carbocycles. The molecule has 1 aromatic heterocycles.